The van der Waals surface area contributed by atoms with E-state index in [9.17, 15) is 10.1 Å². The maximum atomic E-state index is 12.7. The van der Waals surface area contributed by atoms with Crippen LogP contribution in [0.15, 0.2) is 42.1 Å². The number of benzene rings is 2. The Morgan fingerprint density at radius 3 is 2.45 bits per heavy atom. The fraction of sp³-hybridized carbons (Fsp3) is 0.174. The molecule has 3 rings (SSSR count). The van der Waals surface area contributed by atoms with Gasteiger partial charge in [-0.15, -0.1) is 11.3 Å². The first-order valence-electron chi connectivity index (χ1n) is 9.50. The molecule has 0 atom stereocenters. The number of carbonyl (C=O) groups excluding carboxylic acids is 1. The Kier molecular flexibility index (Phi) is 8.17. The third kappa shape index (κ3) is 5.96. The lowest BCUT2D eigenvalue weighted by molar-refractivity contribution is -0.112. The first-order chi connectivity index (χ1) is 15.9. The van der Waals surface area contributed by atoms with Crippen LogP contribution in [0.4, 0.5) is 5.13 Å². The average Bonchev–Trinajstić information content (AvgIpc) is 3.25. The summed E-state index contributed by atoms with van der Waals surface area (Å²) in [5.74, 6) is 0.637. The fourth-order valence-corrected chi connectivity index (χ4v) is 4.19. The number of halogens is 2. The maximum Gasteiger partial charge on any atom is 0.268 e. The maximum absolute atomic E-state index is 12.7. The summed E-state index contributed by atoms with van der Waals surface area (Å²) >= 11 is 13.5. The van der Waals surface area contributed by atoms with Gasteiger partial charge in [-0.2, -0.15) is 5.26 Å². The molecule has 0 unspecified atom stereocenters. The second kappa shape index (κ2) is 11.1. The number of rotatable bonds is 8. The number of hydrogen-bond donors (Lipinski definition) is 1. The van der Waals surface area contributed by atoms with Gasteiger partial charge in [-0.05, 0) is 47.5 Å². The predicted molar refractivity (Wildman–Crippen MR) is 130 cm³/mol. The van der Waals surface area contributed by atoms with Crippen LogP contribution in [0.25, 0.3) is 6.08 Å². The van der Waals surface area contributed by atoms with Crippen molar-refractivity contribution >= 4 is 51.7 Å². The van der Waals surface area contributed by atoms with Crippen LogP contribution in [0.5, 0.6) is 17.2 Å². The molecule has 0 bridgehead atoms. The molecule has 1 heterocycles. The Hall–Kier alpha value is -3.25. The molecule has 0 aliphatic rings. The van der Waals surface area contributed by atoms with Gasteiger partial charge in [0.1, 0.15) is 11.6 Å². The first-order valence-corrected chi connectivity index (χ1v) is 11.1. The minimum absolute atomic E-state index is 0.112. The molecule has 0 saturated heterocycles. The molecule has 7 nitrogen and oxygen atoms in total. The van der Waals surface area contributed by atoms with E-state index in [-0.39, 0.29) is 5.57 Å². The molecule has 10 heteroatoms. The minimum Gasteiger partial charge on any atom is -0.493 e. The van der Waals surface area contributed by atoms with Gasteiger partial charge in [0.25, 0.3) is 5.91 Å². The van der Waals surface area contributed by atoms with Crippen molar-refractivity contribution in [3.63, 3.8) is 0 Å². The quantitative estimate of drug-likeness (QED) is 0.317. The van der Waals surface area contributed by atoms with Gasteiger partial charge in [0.2, 0.25) is 5.75 Å². The summed E-state index contributed by atoms with van der Waals surface area (Å²) in [7, 11) is 4.46. The number of ether oxygens (including phenoxy) is 3. The zero-order valence-corrected chi connectivity index (χ0v) is 20.3. The summed E-state index contributed by atoms with van der Waals surface area (Å²) in [4.78, 5) is 17.8. The van der Waals surface area contributed by atoms with E-state index in [0.717, 1.165) is 10.4 Å². The SMILES string of the molecule is COc1cc(C=C(C#N)C(=O)Nc2ncc(Cc3cc(Cl)ccc3Cl)s2)cc(OC)c1OC. The van der Waals surface area contributed by atoms with E-state index in [0.29, 0.717) is 44.4 Å². The third-order valence-electron chi connectivity index (χ3n) is 4.51. The number of amides is 1. The van der Waals surface area contributed by atoms with E-state index < -0.39 is 5.91 Å². The minimum atomic E-state index is -0.590. The number of methoxy groups -OCH3 is 3. The van der Waals surface area contributed by atoms with E-state index >= 15 is 0 Å². The van der Waals surface area contributed by atoms with Crippen molar-refractivity contribution in [1.82, 2.24) is 4.98 Å². The molecule has 0 fully saturated rings. The number of anilines is 1. The Morgan fingerprint density at radius 1 is 1.15 bits per heavy atom. The van der Waals surface area contributed by atoms with Crippen LogP contribution in [0.3, 0.4) is 0 Å². The number of aromatic nitrogens is 1. The largest absolute Gasteiger partial charge is 0.493 e. The van der Waals surface area contributed by atoms with Crippen LogP contribution in [0.2, 0.25) is 10.0 Å². The van der Waals surface area contributed by atoms with Crippen LogP contribution >= 0.6 is 34.5 Å². The highest BCUT2D eigenvalue weighted by atomic mass is 35.5. The van der Waals surface area contributed by atoms with Gasteiger partial charge >= 0.3 is 0 Å². The smallest absolute Gasteiger partial charge is 0.268 e. The van der Waals surface area contributed by atoms with E-state index in [2.05, 4.69) is 10.3 Å². The highest BCUT2D eigenvalue weighted by molar-refractivity contribution is 7.15. The number of nitrogens with one attached hydrogen (secondary N) is 1. The molecular formula is C23H19Cl2N3O4S. The normalized spacial score (nSPS) is 11.0. The fourth-order valence-electron chi connectivity index (χ4n) is 2.98. The van der Waals surface area contributed by atoms with Crippen molar-refractivity contribution in [2.24, 2.45) is 0 Å². The Balaban J connectivity index is 1.79. The molecule has 0 aliphatic heterocycles. The van der Waals surface area contributed by atoms with Crippen molar-refractivity contribution in [2.45, 2.75) is 6.42 Å². The van der Waals surface area contributed by atoms with E-state index in [4.69, 9.17) is 37.4 Å². The first kappa shape index (κ1) is 24.4. The molecule has 170 valence electrons. The molecule has 0 spiro atoms. The molecule has 1 amide bonds. The van der Waals surface area contributed by atoms with Crippen molar-refractivity contribution in [1.29, 1.82) is 5.26 Å². The summed E-state index contributed by atoms with van der Waals surface area (Å²) in [6.07, 6.45) is 3.59. The number of hydrogen-bond acceptors (Lipinski definition) is 7. The van der Waals surface area contributed by atoms with Gasteiger partial charge in [0.15, 0.2) is 16.6 Å². The van der Waals surface area contributed by atoms with Crippen molar-refractivity contribution in [2.75, 3.05) is 26.6 Å². The van der Waals surface area contributed by atoms with Gasteiger partial charge in [-0.3, -0.25) is 10.1 Å². The lowest BCUT2D eigenvalue weighted by Crippen LogP contribution is -2.13. The van der Waals surface area contributed by atoms with Crippen LogP contribution in [0.1, 0.15) is 16.0 Å². The summed E-state index contributed by atoms with van der Waals surface area (Å²) in [6.45, 7) is 0. The van der Waals surface area contributed by atoms with Crippen LogP contribution in [-0.4, -0.2) is 32.2 Å². The van der Waals surface area contributed by atoms with Crippen molar-refractivity contribution in [3.05, 3.63) is 68.2 Å². The van der Waals surface area contributed by atoms with Crippen LogP contribution in [0, 0.1) is 11.3 Å². The number of nitrogens with zero attached hydrogens (tertiary/aromatic N) is 2. The Labute approximate surface area is 205 Å². The topological polar surface area (TPSA) is 93.5 Å². The summed E-state index contributed by atoms with van der Waals surface area (Å²) in [6, 6.07) is 10.4. The number of carbonyl (C=O) groups is 1. The molecule has 3 aromatic rings. The highest BCUT2D eigenvalue weighted by Gasteiger charge is 2.16. The summed E-state index contributed by atoms with van der Waals surface area (Å²) in [5.41, 5.74) is 1.27. The van der Waals surface area contributed by atoms with E-state index in [1.165, 1.54) is 38.7 Å². The van der Waals surface area contributed by atoms with Gasteiger partial charge < -0.3 is 14.2 Å². The average molecular weight is 504 g/mol. The molecule has 0 aliphatic carbocycles. The summed E-state index contributed by atoms with van der Waals surface area (Å²) in [5, 5.41) is 13.7. The van der Waals surface area contributed by atoms with Crippen LogP contribution < -0.4 is 19.5 Å². The predicted octanol–water partition coefficient (Wildman–Crippen LogP) is 5.61. The summed E-state index contributed by atoms with van der Waals surface area (Å²) < 4.78 is 15.9. The molecular weight excluding hydrogens is 485 g/mol. The standard InChI is InChI=1S/C23H19Cl2N3O4S/c1-30-19-7-13(8-20(31-2)21(19)32-3)6-15(11-26)22(29)28-23-27-12-17(33-23)10-14-9-16(24)4-5-18(14)25/h4-9,12H,10H2,1-3H3,(H,27,28,29). The molecule has 33 heavy (non-hydrogen) atoms. The second-order valence-electron chi connectivity index (χ2n) is 6.63. The zero-order chi connectivity index (χ0) is 24.0. The molecule has 1 N–H and O–H groups in total. The van der Waals surface area contributed by atoms with Gasteiger partial charge in [0.05, 0.1) is 21.3 Å². The molecule has 1 aromatic heterocycles. The van der Waals surface area contributed by atoms with Gasteiger partial charge in [-0.25, -0.2) is 4.98 Å². The highest BCUT2D eigenvalue weighted by Crippen LogP contribution is 2.38. The van der Waals surface area contributed by atoms with E-state index in [1.54, 1.807) is 36.5 Å². The molecule has 0 radical (unpaired) electrons. The number of nitriles is 1. The van der Waals surface area contributed by atoms with Crippen LogP contribution in [-0.2, 0) is 11.2 Å². The lowest BCUT2D eigenvalue weighted by atomic mass is 10.1. The number of thiazole rings is 1. The molecule has 2 aromatic carbocycles. The monoisotopic (exact) mass is 503 g/mol. The Bertz CT molecular complexity index is 1230. The molecule has 0 saturated carbocycles. The second-order valence-corrected chi connectivity index (χ2v) is 8.59. The lowest BCUT2D eigenvalue weighted by Gasteiger charge is -2.13. The third-order valence-corrected chi connectivity index (χ3v) is 6.03. The van der Waals surface area contributed by atoms with Crippen molar-refractivity contribution < 1.29 is 19.0 Å². The van der Waals surface area contributed by atoms with Gasteiger partial charge in [0, 0.05) is 27.5 Å². The van der Waals surface area contributed by atoms with E-state index in [1.807, 2.05) is 6.07 Å². The van der Waals surface area contributed by atoms with Gasteiger partial charge in [-0.1, -0.05) is 23.2 Å². The Morgan fingerprint density at radius 2 is 1.85 bits per heavy atom. The zero-order valence-electron chi connectivity index (χ0n) is 17.9. The van der Waals surface area contributed by atoms with Crippen molar-refractivity contribution in [3.8, 4) is 23.3 Å².